The zero-order valence-electron chi connectivity index (χ0n) is 18.1. The molecule has 2 aromatic carbocycles. The number of hydrogen-bond acceptors (Lipinski definition) is 6. The Labute approximate surface area is 186 Å². The topological polar surface area (TPSA) is 82.9 Å². The van der Waals surface area contributed by atoms with Crippen molar-refractivity contribution in [1.29, 1.82) is 0 Å². The van der Waals surface area contributed by atoms with E-state index in [2.05, 4.69) is 4.98 Å². The predicted octanol–water partition coefficient (Wildman–Crippen LogP) is 3.10. The normalized spacial score (nSPS) is 15.6. The maximum atomic E-state index is 12.5. The lowest BCUT2D eigenvalue weighted by Gasteiger charge is -2.17. The third-order valence-electron chi connectivity index (χ3n) is 5.44. The van der Waals surface area contributed by atoms with E-state index in [1.807, 2.05) is 54.2 Å². The predicted molar refractivity (Wildman–Crippen MR) is 117 cm³/mol. The van der Waals surface area contributed by atoms with Crippen LogP contribution in [0.3, 0.4) is 0 Å². The van der Waals surface area contributed by atoms with Crippen molar-refractivity contribution < 1.29 is 23.8 Å². The number of imidazole rings is 1. The Morgan fingerprint density at radius 1 is 1.06 bits per heavy atom. The molecular formula is C24H25N3O5. The lowest BCUT2D eigenvalue weighted by molar-refractivity contribution is -0.149. The summed E-state index contributed by atoms with van der Waals surface area (Å²) >= 11 is 0. The summed E-state index contributed by atoms with van der Waals surface area (Å²) in [5, 5.41) is 0. The highest BCUT2D eigenvalue weighted by Crippen LogP contribution is 2.27. The molecule has 8 nitrogen and oxygen atoms in total. The average Bonchev–Trinajstić information content (AvgIpc) is 3.42. The van der Waals surface area contributed by atoms with Gasteiger partial charge in [-0.2, -0.15) is 0 Å². The Kier molecular flexibility index (Phi) is 6.39. The van der Waals surface area contributed by atoms with Gasteiger partial charge in [0.1, 0.15) is 30.5 Å². The highest BCUT2D eigenvalue weighted by Gasteiger charge is 2.36. The minimum Gasteiger partial charge on any atom is -0.497 e. The molecule has 8 heteroatoms. The molecule has 1 saturated heterocycles. The Bertz CT molecular complexity index is 1080. The number of ether oxygens (including phenoxy) is 3. The van der Waals surface area contributed by atoms with Crippen LogP contribution in [0.25, 0.3) is 0 Å². The second-order valence-corrected chi connectivity index (χ2v) is 7.60. The number of carbonyl (C=O) groups is 2. The maximum Gasteiger partial charge on any atom is 0.311 e. The van der Waals surface area contributed by atoms with Gasteiger partial charge >= 0.3 is 5.97 Å². The van der Waals surface area contributed by atoms with Crippen molar-refractivity contribution in [2.75, 3.05) is 18.6 Å². The van der Waals surface area contributed by atoms with Gasteiger partial charge in [-0.15, -0.1) is 0 Å². The Morgan fingerprint density at radius 2 is 1.78 bits per heavy atom. The smallest absolute Gasteiger partial charge is 0.311 e. The molecule has 0 saturated carbocycles. The van der Waals surface area contributed by atoms with Crippen molar-refractivity contribution >= 4 is 17.6 Å². The second-order valence-electron chi connectivity index (χ2n) is 7.60. The summed E-state index contributed by atoms with van der Waals surface area (Å²) in [7, 11) is 3.50. The van der Waals surface area contributed by atoms with Crippen LogP contribution in [0.4, 0.5) is 5.69 Å². The first-order valence-corrected chi connectivity index (χ1v) is 10.3. The zero-order valence-corrected chi connectivity index (χ0v) is 18.1. The van der Waals surface area contributed by atoms with Gasteiger partial charge in [-0.05, 0) is 42.0 Å². The van der Waals surface area contributed by atoms with Crippen LogP contribution in [-0.2, 0) is 34.6 Å². The average molecular weight is 435 g/mol. The molecule has 1 fully saturated rings. The lowest BCUT2D eigenvalue weighted by atomic mass is 10.1. The molecule has 0 aliphatic carbocycles. The molecule has 1 aliphatic rings. The zero-order chi connectivity index (χ0) is 22.5. The summed E-state index contributed by atoms with van der Waals surface area (Å²) in [6.07, 6.45) is 3.74. The van der Waals surface area contributed by atoms with E-state index in [0.29, 0.717) is 24.7 Å². The van der Waals surface area contributed by atoms with Gasteiger partial charge in [0.25, 0.3) is 0 Å². The Hall–Kier alpha value is -3.81. The number of benzene rings is 2. The monoisotopic (exact) mass is 435 g/mol. The summed E-state index contributed by atoms with van der Waals surface area (Å²) in [5.74, 6) is 1.31. The van der Waals surface area contributed by atoms with E-state index in [4.69, 9.17) is 14.2 Å². The SMILES string of the molecule is COc1ccc(N2C[C@@H](C(=O)OCc3ccc(OCc4nccn4C)cc3)CC2=O)cc1. The molecule has 166 valence electrons. The fourth-order valence-corrected chi connectivity index (χ4v) is 3.51. The van der Waals surface area contributed by atoms with Crippen LogP contribution in [0.5, 0.6) is 11.5 Å². The number of esters is 1. The van der Waals surface area contributed by atoms with Gasteiger partial charge < -0.3 is 23.7 Å². The van der Waals surface area contributed by atoms with Crippen LogP contribution in [0.15, 0.2) is 60.9 Å². The number of aromatic nitrogens is 2. The first-order valence-electron chi connectivity index (χ1n) is 10.3. The van der Waals surface area contributed by atoms with Crippen molar-refractivity contribution in [3.63, 3.8) is 0 Å². The summed E-state index contributed by atoms with van der Waals surface area (Å²) in [6.45, 7) is 0.827. The molecule has 4 rings (SSSR count). The molecule has 2 heterocycles. The van der Waals surface area contributed by atoms with Crippen molar-refractivity contribution in [2.45, 2.75) is 19.6 Å². The van der Waals surface area contributed by atoms with Crippen LogP contribution >= 0.6 is 0 Å². The summed E-state index contributed by atoms with van der Waals surface area (Å²) in [6, 6.07) is 14.6. The van der Waals surface area contributed by atoms with E-state index in [-0.39, 0.29) is 24.9 Å². The van der Waals surface area contributed by atoms with Gasteiger partial charge in [-0.3, -0.25) is 9.59 Å². The number of carbonyl (C=O) groups excluding carboxylic acids is 2. The van der Waals surface area contributed by atoms with Gasteiger partial charge in [0.2, 0.25) is 5.91 Å². The highest BCUT2D eigenvalue weighted by atomic mass is 16.5. The molecule has 0 spiro atoms. The van der Waals surface area contributed by atoms with Crippen LogP contribution < -0.4 is 14.4 Å². The van der Waals surface area contributed by atoms with Gasteiger partial charge in [0, 0.05) is 38.1 Å². The van der Waals surface area contributed by atoms with Crippen LogP contribution in [-0.4, -0.2) is 35.1 Å². The van der Waals surface area contributed by atoms with Crippen molar-refractivity contribution in [3.8, 4) is 11.5 Å². The number of aryl methyl sites for hydroxylation is 1. The maximum absolute atomic E-state index is 12.5. The molecule has 1 aliphatic heterocycles. The molecule has 1 atom stereocenters. The lowest BCUT2D eigenvalue weighted by Crippen LogP contribution is -2.26. The Balaban J connectivity index is 1.27. The molecule has 3 aromatic rings. The molecule has 1 aromatic heterocycles. The van der Waals surface area contributed by atoms with Gasteiger partial charge in [-0.25, -0.2) is 4.98 Å². The first kappa shape index (κ1) is 21.4. The van der Waals surface area contributed by atoms with Crippen molar-refractivity contribution in [1.82, 2.24) is 9.55 Å². The quantitative estimate of drug-likeness (QED) is 0.506. The van der Waals surface area contributed by atoms with Crippen LogP contribution in [0.2, 0.25) is 0 Å². The molecule has 32 heavy (non-hydrogen) atoms. The molecule has 1 amide bonds. The number of methoxy groups -OCH3 is 1. The number of rotatable bonds is 8. The molecule has 0 N–H and O–H groups in total. The van der Waals surface area contributed by atoms with Crippen molar-refractivity contribution in [2.24, 2.45) is 13.0 Å². The molecule has 0 unspecified atom stereocenters. The summed E-state index contributed by atoms with van der Waals surface area (Å²) in [5.41, 5.74) is 1.59. The van der Waals surface area contributed by atoms with Gasteiger partial charge in [0.05, 0.1) is 13.0 Å². The second kappa shape index (κ2) is 9.55. The van der Waals surface area contributed by atoms with E-state index >= 15 is 0 Å². The number of amides is 1. The number of anilines is 1. The molecule has 0 radical (unpaired) electrons. The Morgan fingerprint density at radius 3 is 2.44 bits per heavy atom. The fraction of sp³-hybridized carbons (Fsp3) is 0.292. The molecular weight excluding hydrogens is 410 g/mol. The number of hydrogen-bond donors (Lipinski definition) is 0. The van der Waals surface area contributed by atoms with E-state index in [1.165, 1.54) is 0 Å². The van der Waals surface area contributed by atoms with E-state index in [9.17, 15) is 9.59 Å². The third-order valence-corrected chi connectivity index (χ3v) is 5.44. The third kappa shape index (κ3) is 4.91. The molecule has 0 bridgehead atoms. The largest absolute Gasteiger partial charge is 0.497 e. The fourth-order valence-electron chi connectivity index (χ4n) is 3.51. The van der Waals surface area contributed by atoms with Crippen LogP contribution in [0.1, 0.15) is 17.8 Å². The van der Waals surface area contributed by atoms with E-state index in [0.717, 1.165) is 17.1 Å². The van der Waals surface area contributed by atoms with Crippen molar-refractivity contribution in [3.05, 3.63) is 72.3 Å². The first-order chi connectivity index (χ1) is 15.5. The van der Waals surface area contributed by atoms with Gasteiger partial charge in [-0.1, -0.05) is 12.1 Å². The summed E-state index contributed by atoms with van der Waals surface area (Å²) < 4.78 is 18.2. The summed E-state index contributed by atoms with van der Waals surface area (Å²) in [4.78, 5) is 30.7. The van der Waals surface area contributed by atoms with Gasteiger partial charge in [0.15, 0.2) is 0 Å². The minimum absolute atomic E-state index is 0.0914. The van der Waals surface area contributed by atoms with Crippen LogP contribution in [0, 0.1) is 5.92 Å². The highest BCUT2D eigenvalue weighted by molar-refractivity contribution is 5.99. The van der Waals surface area contributed by atoms with E-state index < -0.39 is 5.92 Å². The number of nitrogens with zero attached hydrogens (tertiary/aromatic N) is 3. The standard InChI is InChI=1S/C24H25N3O5/c1-26-12-11-25-22(26)16-31-21-7-3-17(4-8-21)15-32-24(29)18-13-23(28)27(14-18)19-5-9-20(30-2)10-6-19/h3-12,18H,13-16H2,1-2H3/t18-/m0/s1. The minimum atomic E-state index is -0.481. The van der Waals surface area contributed by atoms with E-state index in [1.54, 1.807) is 30.3 Å².